The molecule has 2 bridgehead atoms. The average Bonchev–Trinajstić information content (AvgIpc) is 3.06. The second-order valence-electron chi connectivity index (χ2n) is 7.40. The van der Waals surface area contributed by atoms with Crippen LogP contribution in [0.3, 0.4) is 0 Å². The van der Waals surface area contributed by atoms with Crippen molar-refractivity contribution >= 4 is 18.1 Å². The number of carbonyl (C=O) groups is 3. The molecule has 2 aromatic rings. The van der Waals surface area contributed by atoms with E-state index in [1.54, 1.807) is 32.0 Å². The van der Waals surface area contributed by atoms with Crippen LogP contribution in [0.25, 0.3) is 0 Å². The number of hydroxylamine groups is 2. The maximum atomic E-state index is 13.2. The lowest BCUT2D eigenvalue weighted by molar-refractivity contribution is -0.149. The van der Waals surface area contributed by atoms with Gasteiger partial charge in [-0.25, -0.2) is 14.4 Å². The first kappa shape index (κ1) is 21.6. The van der Waals surface area contributed by atoms with Crippen molar-refractivity contribution in [1.29, 1.82) is 0 Å². The van der Waals surface area contributed by atoms with E-state index < -0.39 is 30.2 Å². The summed E-state index contributed by atoms with van der Waals surface area (Å²) in [5, 5.41) is 3.87. The molecule has 2 atom stereocenters. The van der Waals surface area contributed by atoms with Crippen LogP contribution in [-0.2, 0) is 21.0 Å². The summed E-state index contributed by atoms with van der Waals surface area (Å²) in [4.78, 5) is 45.1. The fourth-order valence-corrected chi connectivity index (χ4v) is 3.99. The number of nitrogens with one attached hydrogen (secondary N) is 1. The van der Waals surface area contributed by atoms with Gasteiger partial charge in [-0.1, -0.05) is 36.4 Å². The van der Waals surface area contributed by atoms with Crippen molar-refractivity contribution in [3.8, 4) is 5.75 Å². The van der Waals surface area contributed by atoms with Crippen LogP contribution in [0.1, 0.15) is 42.6 Å². The highest BCUT2D eigenvalue weighted by molar-refractivity contribution is 5.88. The van der Waals surface area contributed by atoms with E-state index in [1.165, 1.54) is 9.96 Å². The van der Waals surface area contributed by atoms with E-state index in [1.807, 2.05) is 30.3 Å². The highest BCUT2D eigenvalue weighted by Gasteiger charge is 2.51. The number of nitrogens with zero attached hydrogens (tertiary/aromatic N) is 2. The Morgan fingerprint density at radius 2 is 1.88 bits per heavy atom. The Morgan fingerprint density at radius 3 is 2.59 bits per heavy atom. The number of urea groups is 1. The Kier molecular flexibility index (Phi) is 6.27. The summed E-state index contributed by atoms with van der Waals surface area (Å²) in [5.41, 5.74) is 2.22. The lowest BCUT2D eigenvalue weighted by Crippen LogP contribution is -2.39. The molecule has 32 heavy (non-hydrogen) atoms. The summed E-state index contributed by atoms with van der Waals surface area (Å²) in [6.07, 6.45) is -0.577. The lowest BCUT2D eigenvalue weighted by Gasteiger charge is -2.31. The highest BCUT2D eigenvalue weighted by atomic mass is 16.7. The molecule has 4 rings (SSSR count). The van der Waals surface area contributed by atoms with Gasteiger partial charge in [0.25, 0.3) is 0 Å². The maximum Gasteiger partial charge on any atom is 0.412 e. The number of carbonyl (C=O) groups excluding carboxylic acids is 3. The number of fused-ring (bicyclic) bond motifs is 4. The fourth-order valence-electron chi connectivity index (χ4n) is 3.99. The summed E-state index contributed by atoms with van der Waals surface area (Å²) in [6, 6.07) is 12.7. The van der Waals surface area contributed by atoms with Gasteiger partial charge in [0.05, 0.1) is 13.2 Å². The fraction of sp³-hybridized carbons (Fsp3) is 0.348. The third kappa shape index (κ3) is 4.11. The predicted octanol–water partition coefficient (Wildman–Crippen LogP) is 3.32. The minimum Gasteiger partial charge on any atom is -0.464 e. The summed E-state index contributed by atoms with van der Waals surface area (Å²) in [6.45, 7) is 4.60. The van der Waals surface area contributed by atoms with E-state index in [0.29, 0.717) is 23.4 Å². The van der Waals surface area contributed by atoms with E-state index in [2.05, 4.69) is 5.32 Å². The summed E-state index contributed by atoms with van der Waals surface area (Å²) in [5.74, 6) is -0.198. The Morgan fingerprint density at radius 1 is 1.09 bits per heavy atom. The van der Waals surface area contributed by atoms with Crippen LogP contribution in [0.5, 0.6) is 5.75 Å². The van der Waals surface area contributed by atoms with Crippen LogP contribution in [0, 0.1) is 0 Å². The van der Waals surface area contributed by atoms with Gasteiger partial charge >= 0.3 is 18.1 Å². The van der Waals surface area contributed by atoms with E-state index in [9.17, 15) is 14.4 Å². The topological polar surface area (TPSA) is 97.4 Å². The number of ether oxygens (including phenoxy) is 2. The van der Waals surface area contributed by atoms with Gasteiger partial charge in [0.2, 0.25) is 0 Å². The molecule has 3 amide bonds. The molecule has 0 aliphatic carbocycles. The molecule has 0 aromatic heterocycles. The van der Waals surface area contributed by atoms with Crippen molar-refractivity contribution in [2.24, 2.45) is 0 Å². The van der Waals surface area contributed by atoms with Gasteiger partial charge in [0.15, 0.2) is 6.04 Å². The van der Waals surface area contributed by atoms with Crippen molar-refractivity contribution in [3.05, 3.63) is 65.2 Å². The molecular weight excluding hydrogens is 414 g/mol. The van der Waals surface area contributed by atoms with Crippen LogP contribution < -0.4 is 10.1 Å². The quantitative estimate of drug-likeness (QED) is 0.665. The Labute approximate surface area is 185 Å². The van der Waals surface area contributed by atoms with E-state index in [-0.39, 0.29) is 19.8 Å². The first-order valence-corrected chi connectivity index (χ1v) is 10.6. The van der Waals surface area contributed by atoms with Crippen LogP contribution in [0.2, 0.25) is 0 Å². The lowest BCUT2D eigenvalue weighted by atomic mass is 9.91. The number of hydrogen-bond donors (Lipinski definition) is 1. The predicted molar refractivity (Wildman–Crippen MR) is 113 cm³/mol. The van der Waals surface area contributed by atoms with E-state index in [4.69, 9.17) is 14.3 Å². The standard InChI is InChI=1S/C23H25N3O6/c1-3-24-22(28)32-16-10-11-17-18(12-16)19-13-25(20(17)21(27)30-4-2)23(29)26(19)31-14-15-8-6-5-7-9-15/h5-12,19-20H,3-4,13-14H2,1-2H3,(H,24,28)/t19-,20+/m0/s1. The Hall–Kier alpha value is -3.59. The second-order valence-corrected chi connectivity index (χ2v) is 7.40. The third-order valence-electron chi connectivity index (χ3n) is 5.37. The smallest absolute Gasteiger partial charge is 0.412 e. The van der Waals surface area contributed by atoms with Gasteiger partial charge in [-0.2, -0.15) is 5.06 Å². The zero-order chi connectivity index (χ0) is 22.7. The summed E-state index contributed by atoms with van der Waals surface area (Å²) in [7, 11) is 0. The minimum absolute atomic E-state index is 0.197. The zero-order valence-electron chi connectivity index (χ0n) is 17.9. The number of esters is 1. The normalized spacial score (nSPS) is 18.9. The molecular formula is C23H25N3O6. The van der Waals surface area contributed by atoms with Gasteiger partial charge in [0, 0.05) is 6.54 Å². The molecule has 9 heteroatoms. The van der Waals surface area contributed by atoms with Crippen LogP contribution >= 0.6 is 0 Å². The van der Waals surface area contributed by atoms with Gasteiger partial charge in [-0.05, 0) is 42.7 Å². The van der Waals surface area contributed by atoms with Gasteiger partial charge in [-0.15, -0.1) is 0 Å². The van der Waals surface area contributed by atoms with Gasteiger partial charge in [-0.3, -0.25) is 4.84 Å². The molecule has 1 fully saturated rings. The molecule has 0 saturated carbocycles. The highest BCUT2D eigenvalue weighted by Crippen LogP contribution is 2.45. The zero-order valence-corrected chi connectivity index (χ0v) is 17.9. The van der Waals surface area contributed by atoms with Crippen molar-refractivity contribution in [1.82, 2.24) is 15.3 Å². The molecule has 168 valence electrons. The molecule has 0 unspecified atom stereocenters. The van der Waals surface area contributed by atoms with Crippen molar-refractivity contribution in [2.75, 3.05) is 19.7 Å². The van der Waals surface area contributed by atoms with E-state index >= 15 is 0 Å². The van der Waals surface area contributed by atoms with Gasteiger partial charge < -0.3 is 19.7 Å². The van der Waals surface area contributed by atoms with Crippen molar-refractivity contribution < 1.29 is 28.7 Å². The molecule has 2 aliphatic heterocycles. The van der Waals surface area contributed by atoms with Crippen molar-refractivity contribution in [3.63, 3.8) is 0 Å². The molecule has 2 aromatic carbocycles. The molecule has 1 N–H and O–H groups in total. The molecule has 9 nitrogen and oxygen atoms in total. The van der Waals surface area contributed by atoms with Crippen LogP contribution in [-0.4, -0.2) is 47.8 Å². The number of benzene rings is 2. The van der Waals surface area contributed by atoms with Crippen LogP contribution in [0.4, 0.5) is 9.59 Å². The average molecular weight is 439 g/mol. The summed E-state index contributed by atoms with van der Waals surface area (Å²) >= 11 is 0. The monoisotopic (exact) mass is 439 g/mol. The third-order valence-corrected chi connectivity index (χ3v) is 5.37. The van der Waals surface area contributed by atoms with Gasteiger partial charge in [0.1, 0.15) is 18.4 Å². The SMILES string of the molecule is CCNC(=O)Oc1ccc2c(c1)[C@@H]1CN(C(=O)N1OCc1ccccc1)[C@H]2C(=O)OCC. The first-order chi connectivity index (χ1) is 15.5. The van der Waals surface area contributed by atoms with Crippen LogP contribution in [0.15, 0.2) is 48.5 Å². The number of amides is 3. The Bertz CT molecular complexity index is 1010. The largest absolute Gasteiger partial charge is 0.464 e. The molecule has 0 radical (unpaired) electrons. The minimum atomic E-state index is -0.891. The molecule has 1 saturated heterocycles. The second kappa shape index (κ2) is 9.27. The maximum absolute atomic E-state index is 13.2. The number of hydrogen-bond acceptors (Lipinski definition) is 6. The Balaban J connectivity index is 1.66. The number of rotatable bonds is 7. The molecule has 0 spiro atoms. The first-order valence-electron chi connectivity index (χ1n) is 10.6. The van der Waals surface area contributed by atoms with E-state index in [0.717, 1.165) is 5.56 Å². The van der Waals surface area contributed by atoms with Crippen molar-refractivity contribution in [2.45, 2.75) is 32.5 Å². The molecule has 2 aliphatic rings. The molecule has 2 heterocycles. The summed E-state index contributed by atoms with van der Waals surface area (Å²) < 4.78 is 10.6.